The Morgan fingerprint density at radius 2 is 1.52 bits per heavy atom. The Kier molecular flexibility index (Phi) is 8.71. The minimum Gasteiger partial charge on any atom is -0.274 e. The van der Waals surface area contributed by atoms with E-state index < -0.39 is 44.5 Å². The summed E-state index contributed by atoms with van der Waals surface area (Å²) in [6, 6.07) is 18.8. The third-order valence-corrected chi connectivity index (χ3v) is 9.83. The van der Waals surface area contributed by atoms with Gasteiger partial charge in [-0.1, -0.05) is 42.5 Å². The van der Waals surface area contributed by atoms with Crippen LogP contribution in [-0.2, 0) is 16.2 Å². The molecule has 11 heteroatoms. The zero-order chi connectivity index (χ0) is 31.6. The number of carbonyl (C=O) groups is 2. The summed E-state index contributed by atoms with van der Waals surface area (Å²) in [6.45, 7) is 3.44. The van der Waals surface area contributed by atoms with E-state index in [1.54, 1.807) is 55.7 Å². The first-order chi connectivity index (χ1) is 20.9. The molecule has 0 saturated carbocycles. The van der Waals surface area contributed by atoms with Crippen LogP contribution in [0.15, 0.2) is 96.2 Å². The second-order valence-corrected chi connectivity index (χ2v) is 12.5. The van der Waals surface area contributed by atoms with Crippen molar-refractivity contribution in [3.63, 3.8) is 0 Å². The predicted molar refractivity (Wildman–Crippen MR) is 159 cm³/mol. The summed E-state index contributed by atoms with van der Waals surface area (Å²) >= 11 is 0. The molecule has 0 bridgehead atoms. The zero-order valence-corrected chi connectivity index (χ0v) is 24.9. The van der Waals surface area contributed by atoms with E-state index in [1.807, 2.05) is 25.1 Å². The molecule has 2 heterocycles. The largest absolute Gasteiger partial charge is 0.417 e. The molecule has 44 heavy (non-hydrogen) atoms. The fourth-order valence-electron chi connectivity index (χ4n) is 5.48. The number of rotatable bonds is 10. The summed E-state index contributed by atoms with van der Waals surface area (Å²) in [7, 11) is -4.66. The number of fused-ring (bicyclic) bond motifs is 1. The first-order valence-corrected chi connectivity index (χ1v) is 15.5. The van der Waals surface area contributed by atoms with E-state index in [1.165, 1.54) is 6.07 Å². The van der Waals surface area contributed by atoms with Gasteiger partial charge in [0.05, 0.1) is 21.6 Å². The van der Waals surface area contributed by atoms with Gasteiger partial charge in [-0.2, -0.15) is 17.5 Å². The average Bonchev–Trinajstić information content (AvgIpc) is 3.25. The van der Waals surface area contributed by atoms with Crippen LogP contribution in [0.3, 0.4) is 0 Å². The number of alkyl halides is 3. The highest BCUT2D eigenvalue weighted by atomic mass is 32.2. The van der Waals surface area contributed by atoms with Gasteiger partial charge in [-0.15, -0.1) is 0 Å². The topological polar surface area (TPSA) is 87.7 Å². The maximum absolute atomic E-state index is 14.0. The summed E-state index contributed by atoms with van der Waals surface area (Å²) in [5.74, 6) is -0.850. The molecule has 5 rings (SSSR count). The Morgan fingerprint density at radius 1 is 0.864 bits per heavy atom. The average molecular weight is 622 g/mol. The van der Waals surface area contributed by atoms with Crippen molar-refractivity contribution in [1.82, 2.24) is 14.2 Å². The van der Waals surface area contributed by atoms with Gasteiger partial charge in [0, 0.05) is 31.5 Å². The van der Waals surface area contributed by atoms with Gasteiger partial charge in [0.2, 0.25) is 10.0 Å². The van der Waals surface area contributed by atoms with Crippen molar-refractivity contribution in [1.29, 1.82) is 0 Å². The summed E-state index contributed by atoms with van der Waals surface area (Å²) in [4.78, 5) is 29.9. The van der Waals surface area contributed by atoms with Crippen LogP contribution >= 0.6 is 0 Å². The number of halogens is 3. The van der Waals surface area contributed by atoms with E-state index in [-0.39, 0.29) is 25.9 Å². The lowest BCUT2D eigenvalue weighted by molar-refractivity contribution is -0.139. The molecule has 0 unspecified atom stereocenters. The van der Waals surface area contributed by atoms with E-state index >= 15 is 0 Å². The number of unbranched alkanes of at least 4 members (excludes halogenated alkanes) is 1. The molecule has 0 spiro atoms. The number of benzene rings is 3. The van der Waals surface area contributed by atoms with Gasteiger partial charge >= 0.3 is 6.18 Å². The van der Waals surface area contributed by atoms with Crippen LogP contribution in [-0.4, -0.2) is 47.5 Å². The van der Waals surface area contributed by atoms with Crippen LogP contribution in [0.1, 0.15) is 63.2 Å². The lowest BCUT2D eigenvalue weighted by Gasteiger charge is -2.30. The quantitative estimate of drug-likeness (QED) is 0.142. The van der Waals surface area contributed by atoms with E-state index in [0.29, 0.717) is 16.7 Å². The van der Waals surface area contributed by atoms with Crippen LogP contribution in [0.4, 0.5) is 13.2 Å². The first kappa shape index (κ1) is 31.1. The fourth-order valence-corrected chi connectivity index (χ4v) is 7.36. The number of carbonyl (C=O) groups excluding carboxylic acids is 2. The van der Waals surface area contributed by atoms with Gasteiger partial charge in [0.25, 0.3) is 11.8 Å². The number of aromatic nitrogens is 1. The molecule has 0 N–H and O–H groups in total. The number of pyridine rings is 1. The molecule has 2 amide bonds. The molecule has 0 saturated heterocycles. The van der Waals surface area contributed by atoms with Crippen LogP contribution in [0.5, 0.6) is 0 Å². The molecule has 1 atom stereocenters. The van der Waals surface area contributed by atoms with Crippen molar-refractivity contribution in [3.05, 3.63) is 119 Å². The van der Waals surface area contributed by atoms with Gasteiger partial charge in [-0.05, 0) is 85.3 Å². The number of imide groups is 1. The van der Waals surface area contributed by atoms with Crippen LogP contribution in [0.25, 0.3) is 11.1 Å². The zero-order valence-electron chi connectivity index (χ0n) is 24.1. The minimum absolute atomic E-state index is 0.0462. The van der Waals surface area contributed by atoms with Crippen molar-refractivity contribution in [3.8, 4) is 11.1 Å². The molecule has 1 aliphatic heterocycles. The highest BCUT2D eigenvalue weighted by Gasteiger charge is 2.40. The molecule has 228 valence electrons. The Labute approximate surface area is 254 Å². The lowest BCUT2D eigenvalue weighted by atomic mass is 9.98. The molecule has 1 aliphatic rings. The number of aryl methyl sites for hydroxylation is 1. The Bertz CT molecular complexity index is 1790. The van der Waals surface area contributed by atoms with E-state index in [4.69, 9.17) is 0 Å². The highest BCUT2D eigenvalue weighted by Crippen LogP contribution is 2.38. The van der Waals surface area contributed by atoms with E-state index in [2.05, 4.69) is 4.98 Å². The number of sulfonamides is 1. The van der Waals surface area contributed by atoms with Crippen molar-refractivity contribution >= 4 is 21.8 Å². The van der Waals surface area contributed by atoms with Gasteiger partial charge in [-0.25, -0.2) is 8.42 Å². The van der Waals surface area contributed by atoms with Crippen LogP contribution < -0.4 is 0 Å². The molecule has 7 nitrogen and oxygen atoms in total. The number of nitrogens with zero attached hydrogens (tertiary/aromatic N) is 3. The predicted octanol–water partition coefficient (Wildman–Crippen LogP) is 6.90. The molecule has 3 aromatic carbocycles. The molecule has 4 aromatic rings. The van der Waals surface area contributed by atoms with E-state index in [0.717, 1.165) is 44.1 Å². The molecular weight excluding hydrogens is 591 g/mol. The minimum atomic E-state index is -4.89. The Hall–Kier alpha value is -4.35. The number of hydrogen-bond donors (Lipinski definition) is 0. The number of hydrogen-bond acceptors (Lipinski definition) is 5. The fraction of sp³-hybridized carbons (Fsp3) is 0.242. The highest BCUT2D eigenvalue weighted by molar-refractivity contribution is 7.89. The van der Waals surface area contributed by atoms with Gasteiger partial charge in [0.1, 0.15) is 0 Å². The smallest absolute Gasteiger partial charge is 0.274 e. The summed E-state index contributed by atoms with van der Waals surface area (Å²) in [5, 5.41) is 0. The van der Waals surface area contributed by atoms with E-state index in [9.17, 15) is 31.2 Å². The third-order valence-electron chi connectivity index (χ3n) is 7.80. The third kappa shape index (κ3) is 6.02. The SMILES string of the molecule is Cc1cnccc1-c1cccc([C@H](C)N(CCCCN2C(=O)c3ccccc3C2=O)S(=O)(=O)c2ccccc2C(F)(F)F)c1. The molecule has 0 aliphatic carbocycles. The Balaban J connectivity index is 1.44. The monoisotopic (exact) mass is 621 g/mol. The second-order valence-electron chi connectivity index (χ2n) is 10.6. The summed E-state index contributed by atoms with van der Waals surface area (Å²) < 4.78 is 71.0. The maximum atomic E-state index is 14.0. The standard InChI is InChI=1S/C33H30F3N3O4S/c1-22-21-37-17-16-26(22)25-11-9-10-24(20-25)23(2)39(44(42,43)30-15-6-5-14-29(30)33(34,35)36)19-8-7-18-38-31(40)27-12-3-4-13-28(27)32(38)41/h3-6,9-17,20-21,23H,7-8,18-19H2,1-2H3/t23-/m0/s1. The van der Waals surface area contributed by atoms with Crippen LogP contribution in [0.2, 0.25) is 0 Å². The van der Waals surface area contributed by atoms with Crippen molar-refractivity contribution in [2.75, 3.05) is 13.1 Å². The normalized spacial score (nSPS) is 14.3. The van der Waals surface area contributed by atoms with Gasteiger partial charge in [0.15, 0.2) is 0 Å². The van der Waals surface area contributed by atoms with Gasteiger partial charge in [-0.3, -0.25) is 19.5 Å². The Morgan fingerprint density at radius 3 is 2.18 bits per heavy atom. The van der Waals surface area contributed by atoms with Crippen molar-refractivity contribution in [2.45, 2.75) is 43.8 Å². The van der Waals surface area contributed by atoms with Crippen LogP contribution in [0, 0.1) is 6.92 Å². The lowest BCUT2D eigenvalue weighted by Crippen LogP contribution is -2.36. The molecular formula is C33H30F3N3O4S. The van der Waals surface area contributed by atoms with Crippen molar-refractivity contribution in [2.24, 2.45) is 0 Å². The molecule has 1 aromatic heterocycles. The maximum Gasteiger partial charge on any atom is 0.417 e. The first-order valence-electron chi connectivity index (χ1n) is 14.1. The van der Waals surface area contributed by atoms with Crippen molar-refractivity contribution < 1.29 is 31.2 Å². The number of amides is 2. The van der Waals surface area contributed by atoms with Gasteiger partial charge < -0.3 is 0 Å². The molecule has 0 radical (unpaired) electrons. The summed E-state index contributed by atoms with van der Waals surface area (Å²) in [5.41, 5.74) is 2.58. The second kappa shape index (κ2) is 12.3. The summed E-state index contributed by atoms with van der Waals surface area (Å²) in [6.07, 6.45) is -1.08. The molecule has 0 fully saturated rings.